The lowest BCUT2D eigenvalue weighted by atomic mass is 9.83. The third-order valence-electron chi connectivity index (χ3n) is 12.0. The normalized spacial score (nSPS) is 15.2. The van der Waals surface area contributed by atoms with Gasteiger partial charge in [-0.05, 0) is 118 Å². The summed E-state index contributed by atoms with van der Waals surface area (Å²) in [5.74, 6) is 0.587. The zero-order chi connectivity index (χ0) is 36.3. The van der Waals surface area contributed by atoms with Crippen molar-refractivity contribution in [1.29, 1.82) is 0 Å². The van der Waals surface area contributed by atoms with Crippen molar-refractivity contribution in [2.75, 3.05) is 0 Å². The van der Waals surface area contributed by atoms with Gasteiger partial charge in [0.15, 0.2) is 0 Å². The van der Waals surface area contributed by atoms with Gasteiger partial charge in [-0.25, -0.2) is 0 Å². The Bertz CT molecular complexity index is 3070. The molecular weight excluding hydrogens is 663 g/mol. The van der Waals surface area contributed by atoms with E-state index >= 15 is 0 Å². The quantitative estimate of drug-likeness (QED) is 0.163. The summed E-state index contributed by atoms with van der Waals surface area (Å²) in [4.78, 5) is 5.23. The third kappa shape index (κ3) is 5.35. The maximum absolute atomic E-state index is 5.23. The van der Waals surface area contributed by atoms with Crippen molar-refractivity contribution in [3.63, 3.8) is 0 Å². The molecule has 1 heterocycles. The number of hydrogen-bond donors (Lipinski definition) is 0. The first-order chi connectivity index (χ1) is 27.3. The summed E-state index contributed by atoms with van der Waals surface area (Å²) in [6.45, 7) is 0. The third-order valence-corrected chi connectivity index (χ3v) is 12.0. The average Bonchev–Trinajstić information content (AvgIpc) is 3.65. The highest BCUT2D eigenvalue weighted by molar-refractivity contribution is 6.22. The number of pyridine rings is 1. The van der Waals surface area contributed by atoms with Crippen LogP contribution in [0.5, 0.6) is 0 Å². The van der Waals surface area contributed by atoms with Crippen LogP contribution in [0.25, 0.3) is 76.5 Å². The van der Waals surface area contributed by atoms with E-state index in [4.69, 9.17) is 4.98 Å². The van der Waals surface area contributed by atoms with Crippen molar-refractivity contribution >= 4 is 43.1 Å². The van der Waals surface area contributed by atoms with Crippen LogP contribution >= 0.6 is 0 Å². The predicted molar refractivity (Wildman–Crippen MR) is 232 cm³/mol. The standard InChI is InChI=1S/C54H37N/c1-2-14-37(15-3-1)52-45-19-9-8-18-41(45)33-50(52)51-29-27-44(34-55-51)40-26-28-48-49(32-40)54(43-25-23-36-13-5-7-17-39(36)31-43)47-21-11-10-20-46(47)53(48)42-24-22-35-12-4-6-16-38(35)30-42/h1-32,34,50,52H,33H2. The Morgan fingerprint density at radius 2 is 0.927 bits per heavy atom. The minimum Gasteiger partial charge on any atom is -0.260 e. The molecule has 10 aromatic rings. The number of fused-ring (bicyclic) bond motifs is 5. The van der Waals surface area contributed by atoms with Gasteiger partial charge >= 0.3 is 0 Å². The number of nitrogens with zero attached hydrogens (tertiary/aromatic N) is 1. The maximum Gasteiger partial charge on any atom is 0.0447 e. The Kier molecular flexibility index (Phi) is 7.45. The van der Waals surface area contributed by atoms with Crippen LogP contribution in [-0.4, -0.2) is 4.98 Å². The Balaban J connectivity index is 1.09. The van der Waals surface area contributed by atoms with Crippen LogP contribution in [0.1, 0.15) is 34.2 Å². The van der Waals surface area contributed by atoms with E-state index < -0.39 is 0 Å². The van der Waals surface area contributed by atoms with Gasteiger partial charge in [0.05, 0.1) is 0 Å². The highest BCUT2D eigenvalue weighted by Gasteiger charge is 2.35. The number of aromatic nitrogens is 1. The molecule has 0 saturated heterocycles. The molecule has 258 valence electrons. The van der Waals surface area contributed by atoms with Crippen molar-refractivity contribution in [2.45, 2.75) is 18.3 Å². The fourth-order valence-corrected chi connectivity index (χ4v) is 9.41. The molecular formula is C54H37N. The lowest BCUT2D eigenvalue weighted by Gasteiger charge is -2.21. The Labute approximate surface area is 321 Å². The monoisotopic (exact) mass is 699 g/mol. The minimum absolute atomic E-state index is 0.292. The van der Waals surface area contributed by atoms with Gasteiger partial charge in [-0.3, -0.25) is 4.98 Å². The highest BCUT2D eigenvalue weighted by Crippen LogP contribution is 2.48. The van der Waals surface area contributed by atoms with Crippen molar-refractivity contribution < 1.29 is 0 Å². The smallest absolute Gasteiger partial charge is 0.0447 e. The van der Waals surface area contributed by atoms with Gasteiger partial charge in [-0.1, -0.05) is 170 Å². The zero-order valence-electron chi connectivity index (χ0n) is 30.4. The number of benzene rings is 9. The van der Waals surface area contributed by atoms with Crippen molar-refractivity contribution in [1.82, 2.24) is 4.98 Å². The zero-order valence-corrected chi connectivity index (χ0v) is 30.4. The fourth-order valence-electron chi connectivity index (χ4n) is 9.41. The summed E-state index contributed by atoms with van der Waals surface area (Å²) in [5.41, 5.74) is 12.6. The van der Waals surface area contributed by atoms with Crippen LogP contribution in [0.3, 0.4) is 0 Å². The van der Waals surface area contributed by atoms with E-state index in [1.807, 2.05) is 0 Å². The first-order valence-electron chi connectivity index (χ1n) is 19.3. The van der Waals surface area contributed by atoms with Gasteiger partial charge in [0, 0.05) is 29.3 Å². The largest absolute Gasteiger partial charge is 0.260 e. The molecule has 1 aliphatic rings. The highest BCUT2D eigenvalue weighted by atomic mass is 14.7. The van der Waals surface area contributed by atoms with Crippen LogP contribution in [-0.2, 0) is 6.42 Å². The topological polar surface area (TPSA) is 12.9 Å². The van der Waals surface area contributed by atoms with E-state index in [1.54, 1.807) is 0 Å². The van der Waals surface area contributed by atoms with Crippen molar-refractivity contribution in [2.24, 2.45) is 0 Å². The van der Waals surface area contributed by atoms with E-state index in [2.05, 4.69) is 200 Å². The molecule has 11 rings (SSSR count). The molecule has 0 aliphatic heterocycles. The lowest BCUT2D eigenvalue weighted by Crippen LogP contribution is -2.09. The molecule has 0 fully saturated rings. The van der Waals surface area contributed by atoms with Crippen molar-refractivity contribution in [3.05, 3.63) is 223 Å². The second-order valence-corrected chi connectivity index (χ2v) is 15.0. The van der Waals surface area contributed by atoms with Crippen LogP contribution in [0.2, 0.25) is 0 Å². The van der Waals surface area contributed by atoms with Crippen LogP contribution in [0.15, 0.2) is 200 Å². The first-order valence-corrected chi connectivity index (χ1v) is 19.3. The van der Waals surface area contributed by atoms with Gasteiger partial charge in [-0.2, -0.15) is 0 Å². The number of rotatable bonds is 5. The maximum atomic E-state index is 5.23. The van der Waals surface area contributed by atoms with Gasteiger partial charge in [0.1, 0.15) is 0 Å². The fraction of sp³-hybridized carbons (Fsp3) is 0.0556. The Morgan fingerprint density at radius 3 is 1.60 bits per heavy atom. The molecule has 1 aromatic heterocycles. The van der Waals surface area contributed by atoms with E-state index in [0.29, 0.717) is 11.8 Å². The molecule has 1 aliphatic carbocycles. The van der Waals surface area contributed by atoms with Crippen LogP contribution < -0.4 is 0 Å². The van der Waals surface area contributed by atoms with Gasteiger partial charge in [0.2, 0.25) is 0 Å². The summed E-state index contributed by atoms with van der Waals surface area (Å²) in [6, 6.07) is 71.6. The molecule has 2 atom stereocenters. The molecule has 55 heavy (non-hydrogen) atoms. The minimum atomic E-state index is 0.292. The molecule has 2 unspecified atom stereocenters. The summed E-state index contributed by atoms with van der Waals surface area (Å²) in [6.07, 6.45) is 3.10. The summed E-state index contributed by atoms with van der Waals surface area (Å²) in [5, 5.41) is 10.0. The van der Waals surface area contributed by atoms with Gasteiger partial charge in [0.25, 0.3) is 0 Å². The van der Waals surface area contributed by atoms with E-state index in [0.717, 1.165) is 17.7 Å². The van der Waals surface area contributed by atoms with Crippen LogP contribution in [0.4, 0.5) is 0 Å². The SMILES string of the molecule is c1ccc(C2c3ccccc3CC2c2ccc(-c3ccc4c(-c5ccc6ccccc6c5)c5ccccc5c(-c5ccc6ccccc6c5)c4c3)cn2)cc1. The van der Waals surface area contributed by atoms with Crippen molar-refractivity contribution in [3.8, 4) is 33.4 Å². The van der Waals surface area contributed by atoms with E-state index in [9.17, 15) is 0 Å². The molecule has 0 spiro atoms. The molecule has 9 aromatic carbocycles. The van der Waals surface area contributed by atoms with Gasteiger partial charge < -0.3 is 0 Å². The average molecular weight is 700 g/mol. The molecule has 0 amide bonds. The molecule has 1 nitrogen and oxygen atoms in total. The molecule has 0 radical (unpaired) electrons. The predicted octanol–water partition coefficient (Wildman–Crippen LogP) is 14.2. The molecule has 1 heteroatoms. The Hall–Kier alpha value is -6.83. The summed E-state index contributed by atoms with van der Waals surface area (Å²) < 4.78 is 0. The first kappa shape index (κ1) is 31.7. The van der Waals surface area contributed by atoms with E-state index in [1.165, 1.54) is 87.6 Å². The van der Waals surface area contributed by atoms with Gasteiger partial charge in [-0.15, -0.1) is 0 Å². The molecule has 0 bridgehead atoms. The molecule has 0 N–H and O–H groups in total. The summed E-state index contributed by atoms with van der Waals surface area (Å²) in [7, 11) is 0. The second-order valence-electron chi connectivity index (χ2n) is 15.0. The Morgan fingerprint density at radius 1 is 0.382 bits per heavy atom. The second kappa shape index (κ2) is 12.9. The lowest BCUT2D eigenvalue weighted by molar-refractivity contribution is 0.637. The van der Waals surface area contributed by atoms with Crippen LogP contribution in [0, 0.1) is 0 Å². The molecule has 0 saturated carbocycles. The number of hydrogen-bond acceptors (Lipinski definition) is 1. The summed E-state index contributed by atoms with van der Waals surface area (Å²) >= 11 is 0. The van der Waals surface area contributed by atoms with E-state index in [-0.39, 0.29) is 0 Å².